The van der Waals surface area contributed by atoms with Gasteiger partial charge in [-0.25, -0.2) is 0 Å². The van der Waals surface area contributed by atoms with E-state index in [1.54, 1.807) is 36.4 Å². The lowest BCUT2D eigenvalue weighted by atomic mass is 9.89. The van der Waals surface area contributed by atoms with Gasteiger partial charge in [0.05, 0.1) is 5.92 Å². The average molecular weight is 636 g/mol. The molecule has 0 spiro atoms. The first-order chi connectivity index (χ1) is 22.5. The Hall–Kier alpha value is -5.91. The van der Waals surface area contributed by atoms with Crippen LogP contribution in [0.3, 0.4) is 0 Å². The maximum Gasteiger partial charge on any atom is 0.243 e. The van der Waals surface area contributed by atoms with Gasteiger partial charge in [0.25, 0.3) is 0 Å². The fourth-order valence-electron chi connectivity index (χ4n) is 5.28. The van der Waals surface area contributed by atoms with Gasteiger partial charge in [-0.1, -0.05) is 78.9 Å². The van der Waals surface area contributed by atoms with Crippen LogP contribution >= 0.6 is 0 Å². The van der Waals surface area contributed by atoms with E-state index in [9.17, 15) is 14.4 Å². The van der Waals surface area contributed by atoms with Crippen LogP contribution in [0.25, 0.3) is 10.8 Å². The highest BCUT2D eigenvalue weighted by molar-refractivity contribution is 5.95. The zero-order valence-corrected chi connectivity index (χ0v) is 26.0. The van der Waals surface area contributed by atoms with Crippen LogP contribution in [0.2, 0.25) is 0 Å². The molecule has 4 aromatic carbocycles. The number of guanidine groups is 1. The maximum absolute atomic E-state index is 14.2. The van der Waals surface area contributed by atoms with Gasteiger partial charge in [-0.2, -0.15) is 0 Å². The number of nitrogens with two attached hydrogens (primary N) is 5. The summed E-state index contributed by atoms with van der Waals surface area (Å²) >= 11 is 0. The van der Waals surface area contributed by atoms with E-state index in [1.165, 1.54) is 0 Å². The number of carbonyl (C=O) groups is 3. The summed E-state index contributed by atoms with van der Waals surface area (Å²) in [5.41, 5.74) is 31.4. The Morgan fingerprint density at radius 2 is 1.34 bits per heavy atom. The van der Waals surface area contributed by atoms with E-state index in [-0.39, 0.29) is 37.1 Å². The van der Waals surface area contributed by atoms with Crippen molar-refractivity contribution in [1.29, 1.82) is 5.41 Å². The summed E-state index contributed by atoms with van der Waals surface area (Å²) in [5, 5.41) is 15.4. The third kappa shape index (κ3) is 9.79. The van der Waals surface area contributed by atoms with Crippen LogP contribution in [0.5, 0.6) is 0 Å². The lowest BCUT2D eigenvalue weighted by molar-refractivity contribution is -0.131. The minimum absolute atomic E-state index is 0.0533. The van der Waals surface area contributed by atoms with Gasteiger partial charge in [-0.15, -0.1) is 0 Å². The van der Waals surface area contributed by atoms with Gasteiger partial charge < -0.3 is 39.3 Å². The van der Waals surface area contributed by atoms with Crippen molar-refractivity contribution < 1.29 is 14.4 Å². The molecule has 0 saturated carbocycles. The smallest absolute Gasteiger partial charge is 0.243 e. The van der Waals surface area contributed by atoms with Gasteiger partial charge in [0.15, 0.2) is 5.96 Å². The molecule has 3 atom stereocenters. The summed E-state index contributed by atoms with van der Waals surface area (Å²) in [7, 11) is 0. The summed E-state index contributed by atoms with van der Waals surface area (Å²) in [6.45, 7) is 0.258. The first-order valence-electron chi connectivity index (χ1n) is 15.2. The number of fused-ring (bicyclic) bond motifs is 1. The molecule has 12 heteroatoms. The molecular weight excluding hydrogens is 594 g/mol. The number of primary amides is 1. The number of rotatable bonds is 15. The molecule has 1 unspecified atom stereocenters. The predicted octanol–water partition coefficient (Wildman–Crippen LogP) is 1.78. The van der Waals surface area contributed by atoms with Crippen LogP contribution in [0, 0.1) is 5.41 Å². The number of anilines is 1. The predicted molar refractivity (Wildman–Crippen MR) is 185 cm³/mol. The zero-order valence-electron chi connectivity index (χ0n) is 26.0. The highest BCUT2D eigenvalue weighted by Crippen LogP contribution is 2.26. The van der Waals surface area contributed by atoms with Crippen molar-refractivity contribution in [2.24, 2.45) is 27.9 Å². The molecule has 244 valence electrons. The molecule has 0 heterocycles. The maximum atomic E-state index is 14.2. The third-order valence-electron chi connectivity index (χ3n) is 7.85. The largest absolute Gasteiger partial charge is 0.399 e. The Labute approximate surface area is 273 Å². The number of nitrogens with zero attached hydrogens (tertiary/aromatic N) is 1. The second-order valence-corrected chi connectivity index (χ2v) is 11.4. The molecular formula is C35H41N9O3. The second-order valence-electron chi connectivity index (χ2n) is 11.4. The van der Waals surface area contributed by atoms with E-state index < -0.39 is 29.8 Å². The van der Waals surface area contributed by atoms with Gasteiger partial charge in [0.2, 0.25) is 17.7 Å². The van der Waals surface area contributed by atoms with Gasteiger partial charge in [0, 0.05) is 24.2 Å². The number of hydrogen-bond acceptors (Lipinski definition) is 6. The topological polar surface area (TPSA) is 242 Å². The molecule has 0 aliphatic heterocycles. The second kappa shape index (κ2) is 15.9. The molecule has 0 aromatic heterocycles. The molecule has 3 amide bonds. The van der Waals surface area contributed by atoms with Crippen LogP contribution in [-0.4, -0.2) is 48.1 Å². The highest BCUT2D eigenvalue weighted by Gasteiger charge is 2.29. The molecule has 0 aliphatic rings. The fourth-order valence-corrected chi connectivity index (χ4v) is 5.28. The van der Waals surface area contributed by atoms with Crippen molar-refractivity contribution in [3.8, 4) is 0 Å². The number of amidine groups is 1. The van der Waals surface area contributed by atoms with Gasteiger partial charge in [-0.3, -0.25) is 24.8 Å². The molecule has 4 aromatic rings. The molecule has 0 aliphatic carbocycles. The Balaban J connectivity index is 1.64. The summed E-state index contributed by atoms with van der Waals surface area (Å²) in [6.07, 6.45) is 1.05. The first-order valence-corrected chi connectivity index (χ1v) is 15.2. The number of amides is 3. The van der Waals surface area contributed by atoms with Crippen molar-refractivity contribution in [3.05, 3.63) is 113 Å². The summed E-state index contributed by atoms with van der Waals surface area (Å²) in [4.78, 5) is 44.1. The van der Waals surface area contributed by atoms with E-state index in [1.807, 2.05) is 54.6 Å². The van der Waals surface area contributed by atoms with E-state index in [2.05, 4.69) is 15.6 Å². The number of nitrogen functional groups attached to an aromatic ring is 2. The molecule has 13 N–H and O–H groups in total. The van der Waals surface area contributed by atoms with E-state index in [0.717, 1.165) is 27.5 Å². The van der Waals surface area contributed by atoms with Gasteiger partial charge in [0.1, 0.15) is 17.9 Å². The molecule has 12 nitrogen and oxygen atoms in total. The standard InChI is InChI=1S/C35H41N9O3/c36-27-15-9-22(10-16-27)19-30(34(47)43-29(32(39)45)6-3-17-42-35(40)41)44-33(46)28(18-21-7-11-24(12-8-21)31(37)38)26-14-13-23-4-1-2-5-25(23)20-26/h1-2,4-5,7-16,20,28-30H,3,6,17-19,36H2,(H3,37,38)(H2,39,45)(H,43,47)(H,44,46)(H4,40,41,42)/t28?,29-,30-/m0/s1. The SMILES string of the molecule is N=C(N)c1ccc(CC(C(=O)N[C@@H](Cc2ccc(N)cc2)C(=O)N[C@@H](CCCN=C(N)N)C(N)=O)c2ccc3ccccc3c2)cc1. The van der Waals surface area contributed by atoms with Gasteiger partial charge in [-0.05, 0) is 58.9 Å². The third-order valence-corrected chi connectivity index (χ3v) is 7.85. The number of carbonyl (C=O) groups excluding carboxylic acids is 3. The lowest BCUT2D eigenvalue weighted by Crippen LogP contribution is -2.54. The fraction of sp³-hybridized carbons (Fsp3) is 0.229. The number of benzene rings is 4. The normalized spacial score (nSPS) is 12.8. The Kier molecular flexibility index (Phi) is 11.5. The van der Waals surface area contributed by atoms with Crippen molar-refractivity contribution in [2.75, 3.05) is 12.3 Å². The quantitative estimate of drug-likeness (QED) is 0.0416. The van der Waals surface area contributed by atoms with Crippen molar-refractivity contribution >= 4 is 46.0 Å². The van der Waals surface area contributed by atoms with Crippen molar-refractivity contribution in [2.45, 2.75) is 43.7 Å². The minimum atomic E-state index is -1.05. The highest BCUT2D eigenvalue weighted by atomic mass is 16.2. The number of hydrogen-bond donors (Lipinski definition) is 8. The number of aliphatic imine (C=N–C) groups is 1. The Morgan fingerprint density at radius 1 is 0.723 bits per heavy atom. The van der Waals surface area contributed by atoms with E-state index in [0.29, 0.717) is 24.1 Å². The Morgan fingerprint density at radius 3 is 1.98 bits per heavy atom. The van der Waals surface area contributed by atoms with Crippen LogP contribution in [0.1, 0.15) is 41.0 Å². The molecule has 4 rings (SSSR count). The lowest BCUT2D eigenvalue weighted by Gasteiger charge is -2.25. The molecule has 0 fully saturated rings. The van der Waals surface area contributed by atoms with Crippen molar-refractivity contribution in [3.63, 3.8) is 0 Å². The number of nitrogens with one attached hydrogen (secondary N) is 3. The summed E-state index contributed by atoms with van der Waals surface area (Å²) in [6, 6.07) is 25.8. The molecule has 0 saturated heterocycles. The van der Waals surface area contributed by atoms with Crippen LogP contribution in [0.4, 0.5) is 5.69 Å². The van der Waals surface area contributed by atoms with Crippen LogP contribution in [-0.2, 0) is 27.2 Å². The monoisotopic (exact) mass is 635 g/mol. The molecule has 47 heavy (non-hydrogen) atoms. The molecule has 0 radical (unpaired) electrons. The van der Waals surface area contributed by atoms with Crippen LogP contribution < -0.4 is 39.3 Å². The average Bonchev–Trinajstić information content (AvgIpc) is 3.05. The first kappa shape index (κ1) is 34.0. The van der Waals surface area contributed by atoms with E-state index >= 15 is 0 Å². The van der Waals surface area contributed by atoms with Crippen molar-refractivity contribution in [1.82, 2.24) is 10.6 Å². The summed E-state index contributed by atoms with van der Waals surface area (Å²) < 4.78 is 0. The Bertz CT molecular complexity index is 1750. The summed E-state index contributed by atoms with van der Waals surface area (Å²) in [5.74, 6) is -2.48. The van der Waals surface area contributed by atoms with Gasteiger partial charge >= 0.3 is 0 Å². The minimum Gasteiger partial charge on any atom is -0.399 e. The molecule has 0 bridgehead atoms. The van der Waals surface area contributed by atoms with E-state index in [4.69, 9.17) is 34.1 Å². The van der Waals surface area contributed by atoms with Crippen LogP contribution in [0.15, 0.2) is 96.0 Å². The zero-order chi connectivity index (χ0) is 33.9.